The lowest BCUT2D eigenvalue weighted by atomic mass is 9.88. The third kappa shape index (κ3) is 3.71. The molecule has 2 aromatic rings. The van der Waals surface area contributed by atoms with Crippen LogP contribution in [0.2, 0.25) is 0 Å². The molecular formula is C19H25N3O. The van der Waals surface area contributed by atoms with Crippen molar-refractivity contribution in [1.82, 2.24) is 15.2 Å². The number of likely N-dealkylation sites (N-methyl/N-ethyl adjacent to an activating group) is 1. The molecule has 1 N–H and O–H groups in total. The molecule has 0 aliphatic carbocycles. The Kier molecular flexibility index (Phi) is 4.94. The van der Waals surface area contributed by atoms with Crippen molar-refractivity contribution in [1.29, 1.82) is 0 Å². The van der Waals surface area contributed by atoms with Crippen molar-refractivity contribution in [2.75, 3.05) is 33.8 Å². The van der Waals surface area contributed by atoms with Gasteiger partial charge in [0.1, 0.15) is 12.4 Å². The van der Waals surface area contributed by atoms with Gasteiger partial charge in [-0.3, -0.25) is 4.98 Å². The average molecular weight is 311 g/mol. The van der Waals surface area contributed by atoms with Crippen LogP contribution in [0.5, 0.6) is 5.75 Å². The second-order valence-electron chi connectivity index (χ2n) is 6.38. The summed E-state index contributed by atoms with van der Waals surface area (Å²) in [6, 6.07) is 8.86. The summed E-state index contributed by atoms with van der Waals surface area (Å²) in [7, 11) is 4.12. The van der Waals surface area contributed by atoms with Crippen LogP contribution in [0.15, 0.2) is 36.7 Å². The van der Waals surface area contributed by atoms with Crippen molar-refractivity contribution in [3.05, 3.63) is 58.9 Å². The Balaban J connectivity index is 1.81. The first kappa shape index (κ1) is 16.0. The minimum absolute atomic E-state index is 0.248. The Morgan fingerprint density at radius 2 is 2.13 bits per heavy atom. The summed E-state index contributed by atoms with van der Waals surface area (Å²) >= 11 is 0. The molecule has 1 aromatic carbocycles. The van der Waals surface area contributed by atoms with Crippen LogP contribution in [-0.2, 0) is 6.42 Å². The van der Waals surface area contributed by atoms with E-state index in [2.05, 4.69) is 60.5 Å². The van der Waals surface area contributed by atoms with Crippen LogP contribution in [0, 0.1) is 6.92 Å². The zero-order valence-electron chi connectivity index (χ0n) is 14.2. The van der Waals surface area contributed by atoms with Gasteiger partial charge in [0.2, 0.25) is 0 Å². The predicted octanol–water partition coefficient (Wildman–Crippen LogP) is 2.57. The first-order valence-corrected chi connectivity index (χ1v) is 8.19. The minimum atomic E-state index is 0.248. The largest absolute Gasteiger partial charge is 0.492 e. The Labute approximate surface area is 138 Å². The first-order chi connectivity index (χ1) is 11.1. The molecule has 2 heterocycles. The highest BCUT2D eigenvalue weighted by molar-refractivity contribution is 5.44. The number of nitrogens with one attached hydrogen (secondary N) is 1. The van der Waals surface area contributed by atoms with E-state index in [1.54, 1.807) is 0 Å². The first-order valence-electron chi connectivity index (χ1n) is 8.19. The topological polar surface area (TPSA) is 37.4 Å². The number of aromatic nitrogens is 1. The van der Waals surface area contributed by atoms with Gasteiger partial charge in [-0.05, 0) is 67.9 Å². The van der Waals surface area contributed by atoms with Crippen LogP contribution in [0.3, 0.4) is 0 Å². The lowest BCUT2D eigenvalue weighted by Crippen LogP contribution is -2.31. The van der Waals surface area contributed by atoms with Crippen LogP contribution in [-0.4, -0.2) is 43.7 Å². The third-order valence-electron chi connectivity index (χ3n) is 4.35. The number of fused-ring (bicyclic) bond motifs is 1. The monoisotopic (exact) mass is 311 g/mol. The molecule has 122 valence electrons. The molecule has 4 heteroatoms. The maximum atomic E-state index is 5.88. The molecular weight excluding hydrogens is 286 g/mol. The number of aryl methyl sites for hydroxylation is 1. The zero-order valence-corrected chi connectivity index (χ0v) is 14.2. The maximum Gasteiger partial charge on any atom is 0.119 e. The predicted molar refractivity (Wildman–Crippen MR) is 93.0 cm³/mol. The highest BCUT2D eigenvalue weighted by atomic mass is 16.5. The molecule has 23 heavy (non-hydrogen) atoms. The van der Waals surface area contributed by atoms with Gasteiger partial charge in [0.05, 0.1) is 6.04 Å². The number of rotatable bonds is 5. The summed E-state index contributed by atoms with van der Waals surface area (Å²) in [5, 5.41) is 3.63. The van der Waals surface area contributed by atoms with E-state index in [4.69, 9.17) is 4.74 Å². The molecule has 0 saturated heterocycles. The van der Waals surface area contributed by atoms with Crippen molar-refractivity contribution in [2.24, 2.45) is 0 Å². The van der Waals surface area contributed by atoms with Gasteiger partial charge in [0.25, 0.3) is 0 Å². The van der Waals surface area contributed by atoms with Gasteiger partial charge in [-0.15, -0.1) is 0 Å². The molecule has 0 bridgehead atoms. The number of hydrogen-bond acceptors (Lipinski definition) is 4. The Morgan fingerprint density at radius 1 is 1.26 bits per heavy atom. The van der Waals surface area contributed by atoms with Gasteiger partial charge in [-0.25, -0.2) is 0 Å². The second-order valence-corrected chi connectivity index (χ2v) is 6.38. The summed E-state index contributed by atoms with van der Waals surface area (Å²) in [5.41, 5.74) is 5.27. The lowest BCUT2D eigenvalue weighted by molar-refractivity contribution is 0.261. The van der Waals surface area contributed by atoms with Crippen LogP contribution in [0.1, 0.15) is 28.3 Å². The molecule has 0 amide bonds. The van der Waals surface area contributed by atoms with Crippen molar-refractivity contribution in [2.45, 2.75) is 19.4 Å². The molecule has 0 spiro atoms. The molecule has 0 fully saturated rings. The van der Waals surface area contributed by atoms with E-state index in [0.29, 0.717) is 0 Å². The van der Waals surface area contributed by atoms with Crippen molar-refractivity contribution in [3.63, 3.8) is 0 Å². The van der Waals surface area contributed by atoms with E-state index in [-0.39, 0.29) is 6.04 Å². The molecule has 1 aliphatic rings. The summed E-state index contributed by atoms with van der Waals surface area (Å²) in [6.45, 7) is 4.76. The van der Waals surface area contributed by atoms with E-state index in [1.807, 2.05) is 12.4 Å². The minimum Gasteiger partial charge on any atom is -0.492 e. The van der Waals surface area contributed by atoms with Crippen molar-refractivity contribution < 1.29 is 4.74 Å². The van der Waals surface area contributed by atoms with Gasteiger partial charge in [0, 0.05) is 25.5 Å². The summed E-state index contributed by atoms with van der Waals surface area (Å²) in [6.07, 6.45) is 4.85. The van der Waals surface area contributed by atoms with Crippen LogP contribution in [0.25, 0.3) is 0 Å². The molecule has 1 aromatic heterocycles. The van der Waals surface area contributed by atoms with Gasteiger partial charge in [-0.1, -0.05) is 6.07 Å². The SMILES string of the molecule is Cc1cnccc1C1NCCc2cc(OCCN(C)C)ccc21. The number of ether oxygens (including phenoxy) is 1. The molecule has 1 atom stereocenters. The van der Waals surface area contributed by atoms with Crippen molar-refractivity contribution in [3.8, 4) is 5.75 Å². The van der Waals surface area contributed by atoms with Crippen LogP contribution < -0.4 is 10.1 Å². The smallest absolute Gasteiger partial charge is 0.119 e. The van der Waals surface area contributed by atoms with Gasteiger partial charge in [0.15, 0.2) is 0 Å². The molecule has 1 aliphatic heterocycles. The van der Waals surface area contributed by atoms with E-state index in [1.165, 1.54) is 22.3 Å². The Morgan fingerprint density at radius 3 is 2.91 bits per heavy atom. The maximum absolute atomic E-state index is 5.88. The Bertz CT molecular complexity index is 669. The van der Waals surface area contributed by atoms with E-state index in [0.717, 1.165) is 31.9 Å². The fourth-order valence-electron chi connectivity index (χ4n) is 3.06. The molecule has 3 rings (SSSR count). The number of benzene rings is 1. The summed E-state index contributed by atoms with van der Waals surface area (Å²) in [4.78, 5) is 6.34. The Hall–Kier alpha value is -1.91. The molecule has 0 radical (unpaired) electrons. The summed E-state index contributed by atoms with van der Waals surface area (Å²) in [5.74, 6) is 0.970. The average Bonchev–Trinajstić information content (AvgIpc) is 2.54. The lowest BCUT2D eigenvalue weighted by Gasteiger charge is -2.28. The quantitative estimate of drug-likeness (QED) is 0.921. The standard InChI is InChI=1S/C19H25N3O/c1-14-13-20-8-7-17(14)19-18-5-4-16(23-11-10-22(2)3)12-15(18)6-9-21-19/h4-5,7-8,12-13,19,21H,6,9-11H2,1-3H3. The highest BCUT2D eigenvalue weighted by Crippen LogP contribution is 2.32. The van der Waals surface area contributed by atoms with E-state index < -0.39 is 0 Å². The second kappa shape index (κ2) is 7.11. The number of nitrogens with zero attached hydrogens (tertiary/aromatic N) is 2. The van der Waals surface area contributed by atoms with Crippen LogP contribution >= 0.6 is 0 Å². The van der Waals surface area contributed by atoms with E-state index >= 15 is 0 Å². The molecule has 1 unspecified atom stereocenters. The fraction of sp³-hybridized carbons (Fsp3) is 0.421. The summed E-state index contributed by atoms with van der Waals surface area (Å²) < 4.78 is 5.88. The third-order valence-corrected chi connectivity index (χ3v) is 4.35. The molecule has 0 saturated carbocycles. The zero-order chi connectivity index (χ0) is 16.2. The van der Waals surface area contributed by atoms with E-state index in [9.17, 15) is 0 Å². The van der Waals surface area contributed by atoms with Gasteiger partial charge in [-0.2, -0.15) is 0 Å². The molecule has 4 nitrogen and oxygen atoms in total. The highest BCUT2D eigenvalue weighted by Gasteiger charge is 2.22. The number of hydrogen-bond donors (Lipinski definition) is 1. The van der Waals surface area contributed by atoms with Crippen LogP contribution in [0.4, 0.5) is 0 Å². The van der Waals surface area contributed by atoms with Gasteiger partial charge < -0.3 is 15.0 Å². The van der Waals surface area contributed by atoms with Crippen molar-refractivity contribution >= 4 is 0 Å². The number of pyridine rings is 1. The fourth-order valence-corrected chi connectivity index (χ4v) is 3.06. The van der Waals surface area contributed by atoms with Gasteiger partial charge >= 0.3 is 0 Å². The normalized spacial score (nSPS) is 17.1.